The Morgan fingerprint density at radius 2 is 1.85 bits per heavy atom. The van der Waals surface area contributed by atoms with Crippen LogP contribution in [-0.2, 0) is 14.3 Å². The summed E-state index contributed by atoms with van der Waals surface area (Å²) in [6.07, 6.45) is 2.15. The van der Waals surface area contributed by atoms with Crippen LogP contribution >= 0.6 is 0 Å². The van der Waals surface area contributed by atoms with E-state index < -0.39 is 16.8 Å². The molecule has 4 N–H and O–H groups in total. The first-order valence-corrected chi connectivity index (χ1v) is 7.26. The average Bonchev–Trinajstić information content (AvgIpc) is 2.48. The van der Waals surface area contributed by atoms with Crippen molar-refractivity contribution in [2.24, 2.45) is 16.6 Å². The highest BCUT2D eigenvalue weighted by Gasteiger charge is 2.42. The van der Waals surface area contributed by atoms with E-state index in [1.807, 2.05) is 13.8 Å². The fraction of sp³-hybridized carbons (Fsp3) is 0.857. The highest BCUT2D eigenvalue weighted by atomic mass is 16.5. The molecule has 1 aliphatic heterocycles. The molecule has 0 radical (unpaired) electrons. The number of hydrogen-bond acceptors (Lipinski definition) is 4. The molecule has 116 valence electrons. The van der Waals surface area contributed by atoms with E-state index >= 15 is 0 Å². The maximum absolute atomic E-state index is 12.4. The molecule has 1 rings (SSSR count). The van der Waals surface area contributed by atoms with Crippen molar-refractivity contribution in [3.05, 3.63) is 0 Å². The Labute approximate surface area is 120 Å². The minimum absolute atomic E-state index is 0.142. The molecule has 0 aliphatic carbocycles. The van der Waals surface area contributed by atoms with Crippen LogP contribution in [0, 0.1) is 10.8 Å². The number of ether oxygens (including phenoxy) is 1. The number of hydrogen-bond donors (Lipinski definition) is 3. The van der Waals surface area contributed by atoms with Gasteiger partial charge in [0.2, 0.25) is 5.91 Å². The number of carboxylic acid groups (broad SMARTS) is 1. The summed E-state index contributed by atoms with van der Waals surface area (Å²) in [7, 11) is 0. The van der Waals surface area contributed by atoms with Crippen molar-refractivity contribution in [2.45, 2.75) is 39.5 Å². The molecular weight excluding hydrogens is 260 g/mol. The molecule has 0 saturated carbocycles. The highest BCUT2D eigenvalue weighted by Crippen LogP contribution is 2.31. The standard InChI is InChI=1S/C14H26N2O4/c1-3-13(4-2,9-15)11(17)16-10-14(12(18)19)5-7-20-8-6-14/h3-10,15H2,1-2H3,(H,16,17)(H,18,19). The smallest absolute Gasteiger partial charge is 0.311 e. The van der Waals surface area contributed by atoms with Gasteiger partial charge in [0.15, 0.2) is 0 Å². The van der Waals surface area contributed by atoms with Gasteiger partial charge in [0, 0.05) is 26.3 Å². The number of nitrogens with two attached hydrogens (primary N) is 1. The van der Waals surface area contributed by atoms with E-state index in [0.29, 0.717) is 38.9 Å². The van der Waals surface area contributed by atoms with Crippen LogP contribution in [0.25, 0.3) is 0 Å². The zero-order valence-electron chi connectivity index (χ0n) is 12.4. The summed E-state index contributed by atoms with van der Waals surface area (Å²) >= 11 is 0. The quantitative estimate of drug-likeness (QED) is 0.641. The molecule has 6 heteroatoms. The van der Waals surface area contributed by atoms with E-state index in [1.54, 1.807) is 0 Å². The average molecular weight is 286 g/mol. The van der Waals surface area contributed by atoms with Gasteiger partial charge in [-0.1, -0.05) is 13.8 Å². The molecular formula is C14H26N2O4. The monoisotopic (exact) mass is 286 g/mol. The number of aliphatic carboxylic acids is 1. The lowest BCUT2D eigenvalue weighted by atomic mass is 9.78. The summed E-state index contributed by atoms with van der Waals surface area (Å²) in [5.74, 6) is -1.01. The second-order valence-electron chi connectivity index (χ2n) is 5.57. The summed E-state index contributed by atoms with van der Waals surface area (Å²) in [6.45, 7) is 5.12. The zero-order valence-corrected chi connectivity index (χ0v) is 12.4. The van der Waals surface area contributed by atoms with Crippen LogP contribution in [-0.4, -0.2) is 43.3 Å². The highest BCUT2D eigenvalue weighted by molar-refractivity contribution is 5.84. The van der Waals surface area contributed by atoms with Gasteiger partial charge in [-0.2, -0.15) is 0 Å². The Morgan fingerprint density at radius 3 is 2.25 bits per heavy atom. The Morgan fingerprint density at radius 1 is 1.30 bits per heavy atom. The second-order valence-corrected chi connectivity index (χ2v) is 5.57. The van der Waals surface area contributed by atoms with Crippen LogP contribution in [0.15, 0.2) is 0 Å². The third-order valence-corrected chi connectivity index (χ3v) is 4.72. The van der Waals surface area contributed by atoms with E-state index in [-0.39, 0.29) is 19.0 Å². The van der Waals surface area contributed by atoms with Crippen molar-refractivity contribution in [1.29, 1.82) is 0 Å². The van der Waals surface area contributed by atoms with Crippen molar-refractivity contribution in [3.8, 4) is 0 Å². The van der Waals surface area contributed by atoms with Crippen LogP contribution in [0.2, 0.25) is 0 Å². The van der Waals surface area contributed by atoms with Gasteiger partial charge in [-0.05, 0) is 25.7 Å². The first-order chi connectivity index (χ1) is 9.46. The van der Waals surface area contributed by atoms with Gasteiger partial charge in [-0.3, -0.25) is 9.59 Å². The molecule has 1 fully saturated rings. The summed E-state index contributed by atoms with van der Waals surface area (Å²) < 4.78 is 5.22. The lowest BCUT2D eigenvalue weighted by Crippen LogP contribution is -2.51. The molecule has 0 bridgehead atoms. The fourth-order valence-corrected chi connectivity index (χ4v) is 2.62. The maximum atomic E-state index is 12.4. The predicted octanol–water partition coefficient (Wildman–Crippen LogP) is 0.749. The van der Waals surface area contributed by atoms with Crippen molar-refractivity contribution >= 4 is 11.9 Å². The fourth-order valence-electron chi connectivity index (χ4n) is 2.62. The molecule has 0 aromatic heterocycles. The summed E-state index contributed by atoms with van der Waals surface area (Å²) in [6, 6.07) is 0. The van der Waals surface area contributed by atoms with Gasteiger partial charge in [0.05, 0.1) is 10.8 Å². The molecule has 1 saturated heterocycles. The van der Waals surface area contributed by atoms with Crippen molar-refractivity contribution in [1.82, 2.24) is 5.32 Å². The van der Waals surface area contributed by atoms with Gasteiger partial charge in [0.1, 0.15) is 0 Å². The number of rotatable bonds is 7. The Kier molecular flexibility index (Phi) is 5.95. The van der Waals surface area contributed by atoms with Crippen LogP contribution in [0.4, 0.5) is 0 Å². The van der Waals surface area contributed by atoms with Crippen LogP contribution in [0.1, 0.15) is 39.5 Å². The zero-order chi connectivity index (χ0) is 15.2. The third kappa shape index (κ3) is 3.30. The number of carbonyl (C=O) groups is 2. The van der Waals surface area contributed by atoms with Crippen LogP contribution < -0.4 is 11.1 Å². The van der Waals surface area contributed by atoms with Gasteiger partial charge in [-0.25, -0.2) is 0 Å². The molecule has 1 aliphatic rings. The lowest BCUT2D eigenvalue weighted by Gasteiger charge is -2.35. The first-order valence-electron chi connectivity index (χ1n) is 7.26. The second kappa shape index (κ2) is 7.04. The van der Waals surface area contributed by atoms with Crippen molar-refractivity contribution in [2.75, 3.05) is 26.3 Å². The molecule has 0 aromatic rings. The van der Waals surface area contributed by atoms with E-state index in [4.69, 9.17) is 10.5 Å². The first kappa shape index (κ1) is 16.9. The molecule has 0 unspecified atom stereocenters. The molecule has 20 heavy (non-hydrogen) atoms. The predicted molar refractivity (Wildman–Crippen MR) is 75.2 cm³/mol. The number of carboxylic acids is 1. The minimum atomic E-state index is -0.907. The normalized spacial score (nSPS) is 18.6. The molecule has 0 spiro atoms. The maximum Gasteiger partial charge on any atom is 0.311 e. The van der Waals surface area contributed by atoms with Gasteiger partial charge in [0.25, 0.3) is 0 Å². The van der Waals surface area contributed by atoms with Gasteiger partial charge in [-0.15, -0.1) is 0 Å². The van der Waals surface area contributed by atoms with E-state index in [0.717, 1.165) is 0 Å². The topological polar surface area (TPSA) is 102 Å². The Hall–Kier alpha value is -1.14. The van der Waals surface area contributed by atoms with Crippen molar-refractivity contribution in [3.63, 3.8) is 0 Å². The van der Waals surface area contributed by atoms with Crippen LogP contribution in [0.3, 0.4) is 0 Å². The molecule has 0 atom stereocenters. The largest absolute Gasteiger partial charge is 0.481 e. The summed E-state index contributed by atoms with van der Waals surface area (Å²) in [5, 5.41) is 12.3. The van der Waals surface area contributed by atoms with E-state index in [1.165, 1.54) is 0 Å². The molecule has 1 heterocycles. The third-order valence-electron chi connectivity index (χ3n) is 4.72. The van der Waals surface area contributed by atoms with E-state index in [2.05, 4.69) is 5.32 Å². The number of amides is 1. The number of nitrogens with one attached hydrogen (secondary N) is 1. The lowest BCUT2D eigenvalue weighted by molar-refractivity contribution is -0.155. The Bertz CT molecular complexity index is 339. The molecule has 0 aromatic carbocycles. The van der Waals surface area contributed by atoms with Gasteiger partial charge >= 0.3 is 5.97 Å². The molecule has 1 amide bonds. The Balaban J connectivity index is 2.72. The van der Waals surface area contributed by atoms with Crippen LogP contribution in [0.5, 0.6) is 0 Å². The molecule has 6 nitrogen and oxygen atoms in total. The van der Waals surface area contributed by atoms with Gasteiger partial charge < -0.3 is 20.9 Å². The van der Waals surface area contributed by atoms with E-state index in [9.17, 15) is 14.7 Å². The van der Waals surface area contributed by atoms with Crippen molar-refractivity contribution < 1.29 is 19.4 Å². The summed E-state index contributed by atoms with van der Waals surface area (Å²) in [4.78, 5) is 23.9. The SMILES string of the molecule is CCC(CC)(CN)C(=O)NCC1(C(=O)O)CCOCC1. The minimum Gasteiger partial charge on any atom is -0.481 e. The number of carbonyl (C=O) groups excluding carboxylic acids is 1. The summed E-state index contributed by atoms with van der Waals surface area (Å²) in [5.41, 5.74) is 4.23.